The van der Waals surface area contributed by atoms with Crippen molar-refractivity contribution in [2.75, 3.05) is 12.3 Å². The van der Waals surface area contributed by atoms with Crippen molar-refractivity contribution in [2.24, 2.45) is 5.92 Å². The molecule has 0 spiro atoms. The number of amides is 2. The van der Waals surface area contributed by atoms with E-state index in [4.69, 9.17) is 23.2 Å². The lowest BCUT2D eigenvalue weighted by Crippen LogP contribution is -2.48. The molecule has 0 aliphatic carbocycles. The average molecular weight is 481 g/mol. The van der Waals surface area contributed by atoms with E-state index < -0.39 is 6.04 Å². The van der Waals surface area contributed by atoms with E-state index in [-0.39, 0.29) is 17.6 Å². The van der Waals surface area contributed by atoms with Crippen LogP contribution >= 0.6 is 35.0 Å². The first-order valence-electron chi connectivity index (χ1n) is 10.3. The highest BCUT2D eigenvalue weighted by molar-refractivity contribution is 7.99. The van der Waals surface area contributed by atoms with Crippen LogP contribution < -0.4 is 5.32 Å². The monoisotopic (exact) mass is 480 g/mol. The maximum Gasteiger partial charge on any atom is 0.242 e. The number of aryl methyl sites for hydroxylation is 1. The highest BCUT2D eigenvalue weighted by Gasteiger charge is 2.26. The fourth-order valence-electron chi connectivity index (χ4n) is 3.01. The van der Waals surface area contributed by atoms with Crippen molar-refractivity contribution in [3.8, 4) is 0 Å². The van der Waals surface area contributed by atoms with E-state index in [2.05, 4.69) is 5.32 Å². The smallest absolute Gasteiger partial charge is 0.242 e. The summed E-state index contributed by atoms with van der Waals surface area (Å²) in [7, 11) is 0. The lowest BCUT2D eigenvalue weighted by molar-refractivity contribution is -0.138. The van der Waals surface area contributed by atoms with Crippen molar-refractivity contribution in [3.63, 3.8) is 0 Å². The molecule has 0 aromatic heterocycles. The van der Waals surface area contributed by atoms with E-state index >= 15 is 0 Å². The van der Waals surface area contributed by atoms with Gasteiger partial charge in [0, 0.05) is 28.9 Å². The normalized spacial score (nSPS) is 12.0. The average Bonchev–Trinajstić information content (AvgIpc) is 2.71. The first-order chi connectivity index (χ1) is 14.7. The molecular weight excluding hydrogens is 451 g/mol. The molecule has 0 aliphatic heterocycles. The molecule has 0 heterocycles. The Morgan fingerprint density at radius 2 is 1.84 bits per heavy atom. The molecular formula is C24H30Cl2N2O2S. The van der Waals surface area contributed by atoms with Crippen LogP contribution in [0.5, 0.6) is 0 Å². The van der Waals surface area contributed by atoms with Crippen LogP contribution in [0.25, 0.3) is 0 Å². The third-order valence-corrected chi connectivity index (χ3v) is 6.34. The van der Waals surface area contributed by atoms with Gasteiger partial charge in [0.25, 0.3) is 0 Å². The number of thioether (sulfide) groups is 1. The summed E-state index contributed by atoms with van der Waals surface area (Å²) in [5.74, 6) is 0.974. The quantitative estimate of drug-likeness (QED) is 0.472. The minimum Gasteiger partial charge on any atom is -0.354 e. The molecule has 0 aliphatic rings. The summed E-state index contributed by atoms with van der Waals surface area (Å²) in [6, 6.07) is 12.8. The Morgan fingerprint density at radius 1 is 1.10 bits per heavy atom. The number of nitrogens with one attached hydrogen (secondary N) is 1. The SMILES string of the molecule is Cc1cccc(CN(C(=O)CSCc2ccc(Cl)cc2Cl)[C@@H](C)C(=O)NCC(C)C)c1. The Labute approximate surface area is 199 Å². The van der Waals surface area contributed by atoms with Gasteiger partial charge in [0.1, 0.15) is 6.04 Å². The molecule has 2 rings (SSSR count). The molecule has 0 bridgehead atoms. The van der Waals surface area contributed by atoms with Gasteiger partial charge in [-0.15, -0.1) is 11.8 Å². The van der Waals surface area contributed by atoms with Gasteiger partial charge in [-0.25, -0.2) is 0 Å². The second-order valence-electron chi connectivity index (χ2n) is 8.05. The van der Waals surface area contributed by atoms with E-state index in [1.807, 2.05) is 51.1 Å². The van der Waals surface area contributed by atoms with Gasteiger partial charge < -0.3 is 10.2 Å². The topological polar surface area (TPSA) is 49.4 Å². The maximum absolute atomic E-state index is 13.1. The van der Waals surface area contributed by atoms with Crippen molar-refractivity contribution in [1.82, 2.24) is 10.2 Å². The van der Waals surface area contributed by atoms with Gasteiger partial charge in [0.2, 0.25) is 11.8 Å². The van der Waals surface area contributed by atoms with Gasteiger partial charge in [-0.3, -0.25) is 9.59 Å². The molecule has 168 valence electrons. The number of benzene rings is 2. The molecule has 4 nitrogen and oxygen atoms in total. The van der Waals surface area contributed by atoms with Crippen LogP contribution in [0.4, 0.5) is 0 Å². The molecule has 0 radical (unpaired) electrons. The van der Waals surface area contributed by atoms with Gasteiger partial charge in [0.05, 0.1) is 5.75 Å². The second-order valence-corrected chi connectivity index (χ2v) is 9.88. The van der Waals surface area contributed by atoms with Crippen LogP contribution in [-0.4, -0.2) is 35.1 Å². The van der Waals surface area contributed by atoms with E-state index in [0.717, 1.165) is 16.7 Å². The molecule has 0 saturated heterocycles. The largest absolute Gasteiger partial charge is 0.354 e. The molecule has 0 saturated carbocycles. The number of carbonyl (C=O) groups is 2. The highest BCUT2D eigenvalue weighted by atomic mass is 35.5. The van der Waals surface area contributed by atoms with Crippen molar-refractivity contribution in [3.05, 3.63) is 69.2 Å². The molecule has 0 unspecified atom stereocenters. The minimum absolute atomic E-state index is 0.0798. The third-order valence-electron chi connectivity index (χ3n) is 4.79. The van der Waals surface area contributed by atoms with Gasteiger partial charge in [0.15, 0.2) is 0 Å². The number of halogens is 2. The highest BCUT2D eigenvalue weighted by Crippen LogP contribution is 2.25. The Hall–Kier alpha value is -1.69. The van der Waals surface area contributed by atoms with Gasteiger partial charge in [-0.2, -0.15) is 0 Å². The zero-order chi connectivity index (χ0) is 23.0. The molecule has 7 heteroatoms. The molecule has 2 amide bonds. The summed E-state index contributed by atoms with van der Waals surface area (Å²) in [5.41, 5.74) is 3.05. The third kappa shape index (κ3) is 8.40. The van der Waals surface area contributed by atoms with Crippen molar-refractivity contribution >= 4 is 46.8 Å². The Balaban J connectivity index is 2.08. The molecule has 1 N–H and O–H groups in total. The lowest BCUT2D eigenvalue weighted by atomic mass is 10.1. The van der Waals surface area contributed by atoms with Crippen LogP contribution in [0.3, 0.4) is 0 Å². The van der Waals surface area contributed by atoms with E-state index in [0.29, 0.717) is 34.8 Å². The van der Waals surface area contributed by atoms with Crippen molar-refractivity contribution in [1.29, 1.82) is 0 Å². The fourth-order valence-corrected chi connectivity index (χ4v) is 4.48. The summed E-state index contributed by atoms with van der Waals surface area (Å²) in [4.78, 5) is 27.5. The Kier molecular flexibility index (Phi) is 10.2. The molecule has 2 aromatic carbocycles. The molecule has 31 heavy (non-hydrogen) atoms. The van der Waals surface area contributed by atoms with E-state index in [1.165, 1.54) is 11.8 Å². The molecule has 1 atom stereocenters. The maximum atomic E-state index is 13.1. The van der Waals surface area contributed by atoms with Crippen molar-refractivity contribution in [2.45, 2.75) is 46.0 Å². The minimum atomic E-state index is -0.563. The lowest BCUT2D eigenvalue weighted by Gasteiger charge is -2.29. The zero-order valence-electron chi connectivity index (χ0n) is 18.5. The standard InChI is InChI=1S/C24H30Cl2N2O2S/c1-16(2)12-27-24(30)18(4)28(13-19-7-5-6-17(3)10-19)23(29)15-31-14-20-8-9-21(25)11-22(20)26/h5-11,16,18H,12-15H2,1-4H3,(H,27,30)/t18-/m0/s1. The molecule has 0 fully saturated rings. The predicted octanol–water partition coefficient (Wildman–Crippen LogP) is 5.72. The van der Waals surface area contributed by atoms with Crippen LogP contribution in [0, 0.1) is 12.8 Å². The first-order valence-corrected chi connectivity index (χ1v) is 12.2. The van der Waals surface area contributed by atoms with E-state index in [9.17, 15) is 9.59 Å². The van der Waals surface area contributed by atoms with Crippen LogP contribution in [0.15, 0.2) is 42.5 Å². The van der Waals surface area contributed by atoms with Gasteiger partial charge in [-0.1, -0.05) is 72.9 Å². The number of carbonyl (C=O) groups excluding carboxylic acids is 2. The second kappa shape index (κ2) is 12.4. The number of nitrogens with zero attached hydrogens (tertiary/aromatic N) is 1. The molecule has 2 aromatic rings. The van der Waals surface area contributed by atoms with Gasteiger partial charge >= 0.3 is 0 Å². The van der Waals surface area contributed by atoms with E-state index in [1.54, 1.807) is 24.0 Å². The zero-order valence-corrected chi connectivity index (χ0v) is 20.8. The predicted molar refractivity (Wildman–Crippen MR) is 132 cm³/mol. The summed E-state index contributed by atoms with van der Waals surface area (Å²) in [6.07, 6.45) is 0. The van der Waals surface area contributed by atoms with Crippen LogP contribution in [-0.2, 0) is 21.9 Å². The van der Waals surface area contributed by atoms with Crippen molar-refractivity contribution < 1.29 is 9.59 Å². The van der Waals surface area contributed by atoms with Crippen LogP contribution in [0.1, 0.15) is 37.5 Å². The summed E-state index contributed by atoms with van der Waals surface area (Å²) < 4.78 is 0. The van der Waals surface area contributed by atoms with Gasteiger partial charge in [-0.05, 0) is 43.0 Å². The first kappa shape index (κ1) is 25.6. The number of rotatable bonds is 10. The Bertz CT molecular complexity index is 905. The fraction of sp³-hybridized carbons (Fsp3) is 0.417. The Morgan fingerprint density at radius 3 is 2.48 bits per heavy atom. The van der Waals surface area contributed by atoms with Crippen LogP contribution in [0.2, 0.25) is 10.0 Å². The summed E-state index contributed by atoms with van der Waals surface area (Å²) in [5, 5.41) is 4.11. The summed E-state index contributed by atoms with van der Waals surface area (Å²) >= 11 is 13.7. The number of hydrogen-bond donors (Lipinski definition) is 1. The summed E-state index contributed by atoms with van der Waals surface area (Å²) in [6.45, 7) is 8.85. The number of hydrogen-bond acceptors (Lipinski definition) is 3.